The number of piperidine rings is 1. The number of carbonyl (C=O) groups excluding carboxylic acids is 1. The molecule has 0 aliphatic carbocycles. The van der Waals surface area contributed by atoms with Crippen molar-refractivity contribution in [2.24, 2.45) is 0 Å². The van der Waals surface area contributed by atoms with Crippen LogP contribution in [0.2, 0.25) is 0 Å². The quantitative estimate of drug-likeness (QED) is 0.769. The van der Waals surface area contributed by atoms with Gasteiger partial charge >= 0.3 is 0 Å². The predicted octanol–water partition coefficient (Wildman–Crippen LogP) is 1.28. The Hall–Kier alpha value is -1.46. The molecule has 2 N–H and O–H groups in total. The molecule has 0 spiro atoms. The SMILES string of the molecule is Cc1cccc(C(=O)NCCCOC2CCNCC2)n1. The number of aromatic nitrogens is 1. The molecule has 0 saturated carbocycles. The molecule has 1 fully saturated rings. The molecule has 20 heavy (non-hydrogen) atoms. The van der Waals surface area contributed by atoms with Crippen LogP contribution in [0.1, 0.15) is 35.4 Å². The highest BCUT2D eigenvalue weighted by Gasteiger charge is 2.12. The van der Waals surface area contributed by atoms with Crippen molar-refractivity contribution in [2.45, 2.75) is 32.3 Å². The number of aryl methyl sites for hydroxylation is 1. The molecule has 0 unspecified atom stereocenters. The van der Waals surface area contributed by atoms with Crippen LogP contribution in [-0.2, 0) is 4.74 Å². The van der Waals surface area contributed by atoms with Crippen molar-refractivity contribution < 1.29 is 9.53 Å². The number of pyridine rings is 1. The second kappa shape index (κ2) is 7.97. The molecule has 1 aromatic rings. The first-order valence-corrected chi connectivity index (χ1v) is 7.30. The summed E-state index contributed by atoms with van der Waals surface area (Å²) < 4.78 is 5.78. The van der Waals surface area contributed by atoms with Crippen molar-refractivity contribution in [3.63, 3.8) is 0 Å². The molecule has 5 heteroatoms. The molecule has 1 aliphatic heterocycles. The van der Waals surface area contributed by atoms with Gasteiger partial charge in [0.1, 0.15) is 5.69 Å². The highest BCUT2D eigenvalue weighted by Crippen LogP contribution is 2.07. The van der Waals surface area contributed by atoms with Gasteiger partial charge in [-0.25, -0.2) is 4.98 Å². The summed E-state index contributed by atoms with van der Waals surface area (Å²) in [7, 11) is 0. The van der Waals surface area contributed by atoms with Gasteiger partial charge in [-0.1, -0.05) is 6.07 Å². The van der Waals surface area contributed by atoms with Gasteiger partial charge in [-0.2, -0.15) is 0 Å². The van der Waals surface area contributed by atoms with Crippen LogP contribution in [0.15, 0.2) is 18.2 Å². The van der Waals surface area contributed by atoms with Crippen molar-refractivity contribution >= 4 is 5.91 Å². The zero-order valence-corrected chi connectivity index (χ0v) is 12.0. The smallest absolute Gasteiger partial charge is 0.269 e. The normalized spacial score (nSPS) is 16.1. The standard InChI is InChI=1S/C15H23N3O2/c1-12-4-2-5-14(18-12)15(19)17-8-3-11-20-13-6-9-16-10-7-13/h2,4-5,13,16H,3,6-11H2,1H3,(H,17,19). The van der Waals surface area contributed by atoms with Crippen molar-refractivity contribution in [1.29, 1.82) is 0 Å². The van der Waals surface area contributed by atoms with E-state index in [1.54, 1.807) is 6.07 Å². The molecule has 0 bridgehead atoms. The third-order valence-corrected chi connectivity index (χ3v) is 3.37. The number of nitrogens with one attached hydrogen (secondary N) is 2. The fraction of sp³-hybridized carbons (Fsp3) is 0.600. The van der Waals surface area contributed by atoms with E-state index in [-0.39, 0.29) is 5.91 Å². The molecular weight excluding hydrogens is 254 g/mol. The van der Waals surface area contributed by atoms with Gasteiger partial charge in [0.25, 0.3) is 5.91 Å². The molecule has 1 saturated heterocycles. The summed E-state index contributed by atoms with van der Waals surface area (Å²) in [5.41, 5.74) is 1.33. The summed E-state index contributed by atoms with van der Waals surface area (Å²) in [6.07, 6.45) is 3.38. The van der Waals surface area contributed by atoms with E-state index in [4.69, 9.17) is 4.74 Å². The van der Waals surface area contributed by atoms with Gasteiger partial charge in [0.2, 0.25) is 0 Å². The van der Waals surface area contributed by atoms with Crippen molar-refractivity contribution in [3.05, 3.63) is 29.6 Å². The highest BCUT2D eigenvalue weighted by molar-refractivity contribution is 5.92. The van der Waals surface area contributed by atoms with E-state index >= 15 is 0 Å². The first kappa shape index (κ1) is 14.9. The van der Waals surface area contributed by atoms with E-state index in [0.717, 1.165) is 38.0 Å². The number of rotatable bonds is 6. The van der Waals surface area contributed by atoms with Gasteiger partial charge in [0.05, 0.1) is 6.10 Å². The van der Waals surface area contributed by atoms with Crippen LogP contribution in [0.25, 0.3) is 0 Å². The topological polar surface area (TPSA) is 63.2 Å². The van der Waals surface area contributed by atoms with Gasteiger partial charge in [0, 0.05) is 18.8 Å². The minimum Gasteiger partial charge on any atom is -0.378 e. The molecule has 1 aliphatic rings. The number of amides is 1. The van der Waals surface area contributed by atoms with E-state index < -0.39 is 0 Å². The van der Waals surface area contributed by atoms with Crippen molar-refractivity contribution in [1.82, 2.24) is 15.6 Å². The summed E-state index contributed by atoms with van der Waals surface area (Å²) in [4.78, 5) is 16.0. The Morgan fingerprint density at radius 3 is 3.00 bits per heavy atom. The number of hydrogen-bond donors (Lipinski definition) is 2. The van der Waals surface area contributed by atoms with E-state index in [2.05, 4.69) is 15.6 Å². The van der Waals surface area contributed by atoms with Crippen LogP contribution in [0.4, 0.5) is 0 Å². The zero-order chi connectivity index (χ0) is 14.2. The van der Waals surface area contributed by atoms with E-state index in [1.165, 1.54) is 0 Å². The second-order valence-electron chi connectivity index (χ2n) is 5.09. The average Bonchev–Trinajstić information content (AvgIpc) is 2.48. The van der Waals surface area contributed by atoms with Crippen LogP contribution in [-0.4, -0.2) is 43.2 Å². The molecule has 5 nitrogen and oxygen atoms in total. The predicted molar refractivity (Wildman–Crippen MR) is 77.8 cm³/mol. The lowest BCUT2D eigenvalue weighted by Gasteiger charge is -2.22. The molecule has 1 aromatic heterocycles. The minimum atomic E-state index is -0.115. The Balaban J connectivity index is 1.59. The number of ether oxygens (including phenoxy) is 1. The average molecular weight is 277 g/mol. The summed E-state index contributed by atoms with van der Waals surface area (Å²) in [6, 6.07) is 5.45. The number of hydrogen-bond acceptors (Lipinski definition) is 4. The van der Waals surface area contributed by atoms with Gasteiger partial charge in [-0.15, -0.1) is 0 Å². The first-order chi connectivity index (χ1) is 9.75. The van der Waals surface area contributed by atoms with Gasteiger partial charge in [-0.3, -0.25) is 4.79 Å². The van der Waals surface area contributed by atoms with Crippen LogP contribution < -0.4 is 10.6 Å². The van der Waals surface area contributed by atoms with Crippen molar-refractivity contribution in [2.75, 3.05) is 26.2 Å². The van der Waals surface area contributed by atoms with Crippen LogP contribution in [0, 0.1) is 6.92 Å². The maximum Gasteiger partial charge on any atom is 0.269 e. The molecular formula is C15H23N3O2. The lowest BCUT2D eigenvalue weighted by Crippen LogP contribution is -2.33. The summed E-state index contributed by atoms with van der Waals surface area (Å²) in [5.74, 6) is -0.115. The fourth-order valence-corrected chi connectivity index (χ4v) is 2.25. The lowest BCUT2D eigenvalue weighted by atomic mass is 10.1. The highest BCUT2D eigenvalue weighted by atomic mass is 16.5. The zero-order valence-electron chi connectivity index (χ0n) is 12.0. The second-order valence-corrected chi connectivity index (χ2v) is 5.09. The van der Waals surface area contributed by atoms with Crippen LogP contribution >= 0.6 is 0 Å². The van der Waals surface area contributed by atoms with Crippen LogP contribution in [0.3, 0.4) is 0 Å². The molecule has 2 rings (SSSR count). The maximum absolute atomic E-state index is 11.8. The number of nitrogens with zero attached hydrogens (tertiary/aromatic N) is 1. The largest absolute Gasteiger partial charge is 0.378 e. The Morgan fingerprint density at radius 1 is 1.45 bits per heavy atom. The molecule has 2 heterocycles. The third-order valence-electron chi connectivity index (χ3n) is 3.37. The maximum atomic E-state index is 11.8. The van der Waals surface area contributed by atoms with Gasteiger partial charge in [0.15, 0.2) is 0 Å². The number of carbonyl (C=O) groups is 1. The van der Waals surface area contributed by atoms with Gasteiger partial charge in [-0.05, 0) is 51.4 Å². The first-order valence-electron chi connectivity index (χ1n) is 7.30. The van der Waals surface area contributed by atoms with E-state index in [9.17, 15) is 4.79 Å². The Bertz CT molecular complexity index is 431. The molecule has 1 amide bonds. The van der Waals surface area contributed by atoms with Crippen LogP contribution in [0.5, 0.6) is 0 Å². The molecule has 0 atom stereocenters. The summed E-state index contributed by atoms with van der Waals surface area (Å²) in [5, 5.41) is 6.18. The summed E-state index contributed by atoms with van der Waals surface area (Å²) in [6.45, 7) is 5.29. The van der Waals surface area contributed by atoms with Gasteiger partial charge < -0.3 is 15.4 Å². The minimum absolute atomic E-state index is 0.115. The lowest BCUT2D eigenvalue weighted by molar-refractivity contribution is 0.0317. The van der Waals surface area contributed by atoms with E-state index in [1.807, 2.05) is 19.1 Å². The Morgan fingerprint density at radius 2 is 2.25 bits per heavy atom. The Kier molecular flexibility index (Phi) is 5.95. The summed E-state index contributed by atoms with van der Waals surface area (Å²) >= 11 is 0. The molecule has 0 aromatic carbocycles. The van der Waals surface area contributed by atoms with E-state index in [0.29, 0.717) is 24.9 Å². The third kappa shape index (κ3) is 4.90. The fourth-order valence-electron chi connectivity index (χ4n) is 2.25. The molecule has 0 radical (unpaired) electrons. The van der Waals surface area contributed by atoms with Crippen molar-refractivity contribution in [3.8, 4) is 0 Å². The monoisotopic (exact) mass is 277 g/mol. The molecule has 110 valence electrons. The Labute approximate surface area is 120 Å².